The Morgan fingerprint density at radius 2 is 1.90 bits per heavy atom. The van der Waals surface area contributed by atoms with Crippen LogP contribution in [0.1, 0.15) is 11.8 Å². The van der Waals surface area contributed by atoms with E-state index in [1.54, 1.807) is 6.07 Å². The van der Waals surface area contributed by atoms with E-state index in [9.17, 15) is 15.0 Å². The molecule has 0 aliphatic carbocycles. The summed E-state index contributed by atoms with van der Waals surface area (Å²) >= 11 is 0. The molecule has 0 fully saturated rings. The molecule has 0 spiro atoms. The summed E-state index contributed by atoms with van der Waals surface area (Å²) in [6.45, 7) is 0. The van der Waals surface area contributed by atoms with Gasteiger partial charge in [0.15, 0.2) is 6.10 Å². The minimum atomic E-state index is -1.92. The van der Waals surface area contributed by atoms with Crippen LogP contribution in [0.15, 0.2) is 36.5 Å². The number of aliphatic hydroxyl groups is 2. The van der Waals surface area contributed by atoms with Crippen LogP contribution in [-0.2, 0) is 4.79 Å². The summed E-state index contributed by atoms with van der Waals surface area (Å²) < 4.78 is 0. The first kappa shape index (κ1) is 12.6. The number of fused-ring (bicyclic) bond motifs is 3. The van der Waals surface area contributed by atoms with Crippen molar-refractivity contribution in [3.05, 3.63) is 42.2 Å². The van der Waals surface area contributed by atoms with Crippen molar-refractivity contribution < 1.29 is 20.1 Å². The first-order valence-electron chi connectivity index (χ1n) is 6.04. The maximum absolute atomic E-state index is 10.8. The van der Waals surface area contributed by atoms with Gasteiger partial charge in [-0.1, -0.05) is 18.2 Å². The Labute approximate surface area is 113 Å². The van der Waals surface area contributed by atoms with Crippen molar-refractivity contribution >= 4 is 27.8 Å². The third-order valence-electron chi connectivity index (χ3n) is 3.29. The van der Waals surface area contributed by atoms with Gasteiger partial charge in [-0.05, 0) is 12.1 Å². The highest BCUT2D eigenvalue weighted by Crippen LogP contribution is 2.29. The number of rotatable bonds is 3. The number of carbonyl (C=O) groups is 1. The number of carboxylic acids is 1. The van der Waals surface area contributed by atoms with E-state index < -0.39 is 18.2 Å². The fourth-order valence-corrected chi connectivity index (χ4v) is 2.30. The third kappa shape index (κ3) is 1.82. The van der Waals surface area contributed by atoms with Gasteiger partial charge in [0.1, 0.15) is 6.10 Å². The van der Waals surface area contributed by atoms with Gasteiger partial charge in [-0.3, -0.25) is 4.98 Å². The number of pyridine rings is 1. The molecule has 0 radical (unpaired) electrons. The highest BCUT2D eigenvalue weighted by molar-refractivity contribution is 6.07. The Kier molecular flexibility index (Phi) is 2.89. The Morgan fingerprint density at radius 1 is 1.15 bits per heavy atom. The molecule has 6 nitrogen and oxygen atoms in total. The number of carboxylic acid groups (broad SMARTS) is 1. The van der Waals surface area contributed by atoms with Gasteiger partial charge >= 0.3 is 5.97 Å². The number of aromatic nitrogens is 2. The van der Waals surface area contributed by atoms with Crippen LogP contribution in [0.3, 0.4) is 0 Å². The fraction of sp³-hybridized carbons (Fsp3) is 0.143. The number of benzene rings is 1. The van der Waals surface area contributed by atoms with E-state index in [1.165, 1.54) is 6.20 Å². The van der Waals surface area contributed by atoms with Crippen molar-refractivity contribution in [2.24, 2.45) is 0 Å². The lowest BCUT2D eigenvalue weighted by Crippen LogP contribution is -2.28. The molecule has 20 heavy (non-hydrogen) atoms. The average molecular weight is 272 g/mol. The van der Waals surface area contributed by atoms with Crippen LogP contribution >= 0.6 is 0 Å². The predicted octanol–water partition coefficient (Wildman–Crippen LogP) is 1.20. The molecule has 4 N–H and O–H groups in total. The predicted molar refractivity (Wildman–Crippen MR) is 72.2 cm³/mol. The molecule has 3 aromatic rings. The van der Waals surface area contributed by atoms with Crippen LogP contribution in [-0.4, -0.2) is 37.4 Å². The number of H-pyrrole nitrogens is 1. The molecular weight excluding hydrogens is 260 g/mol. The summed E-state index contributed by atoms with van der Waals surface area (Å²) in [6, 6.07) is 9.32. The van der Waals surface area contributed by atoms with Gasteiger partial charge in [0.2, 0.25) is 0 Å². The Hall–Kier alpha value is -2.44. The molecule has 1 aromatic carbocycles. The summed E-state index contributed by atoms with van der Waals surface area (Å²) in [5, 5.41) is 30.0. The van der Waals surface area contributed by atoms with Crippen LogP contribution < -0.4 is 0 Å². The summed E-state index contributed by atoms with van der Waals surface area (Å²) in [5.41, 5.74) is 1.50. The molecular formula is C14H12N2O4. The lowest BCUT2D eigenvalue weighted by Gasteiger charge is -2.13. The molecule has 0 aliphatic rings. The molecule has 2 aromatic heterocycles. The van der Waals surface area contributed by atoms with E-state index in [0.717, 1.165) is 16.3 Å². The molecule has 0 saturated carbocycles. The molecule has 0 aliphatic heterocycles. The van der Waals surface area contributed by atoms with E-state index >= 15 is 0 Å². The zero-order valence-electron chi connectivity index (χ0n) is 10.3. The number of nitrogens with zero attached hydrogens (tertiary/aromatic N) is 1. The lowest BCUT2D eigenvalue weighted by atomic mass is 10.1. The van der Waals surface area contributed by atoms with E-state index in [1.807, 2.05) is 24.3 Å². The zero-order valence-corrected chi connectivity index (χ0v) is 10.3. The normalized spacial score (nSPS) is 14.5. The van der Waals surface area contributed by atoms with Crippen LogP contribution in [0.2, 0.25) is 0 Å². The monoisotopic (exact) mass is 272 g/mol. The molecule has 2 atom stereocenters. The van der Waals surface area contributed by atoms with Crippen LogP contribution in [0.5, 0.6) is 0 Å². The SMILES string of the molecule is O=C(O)C(O)C(O)c1nccc2c1[nH]c1ccccc12. The van der Waals surface area contributed by atoms with Crippen molar-refractivity contribution in [3.8, 4) is 0 Å². The van der Waals surface area contributed by atoms with Gasteiger partial charge in [0, 0.05) is 22.5 Å². The van der Waals surface area contributed by atoms with Crippen molar-refractivity contribution in [1.29, 1.82) is 0 Å². The maximum Gasteiger partial charge on any atom is 0.335 e. The van der Waals surface area contributed by atoms with Crippen LogP contribution in [0.25, 0.3) is 21.8 Å². The van der Waals surface area contributed by atoms with Crippen LogP contribution in [0, 0.1) is 0 Å². The molecule has 2 unspecified atom stereocenters. The van der Waals surface area contributed by atoms with Crippen molar-refractivity contribution in [2.45, 2.75) is 12.2 Å². The molecule has 6 heteroatoms. The highest BCUT2D eigenvalue weighted by Gasteiger charge is 2.28. The van der Waals surface area contributed by atoms with Gasteiger partial charge in [0.25, 0.3) is 0 Å². The van der Waals surface area contributed by atoms with E-state index in [4.69, 9.17) is 5.11 Å². The molecule has 3 rings (SSSR count). The van der Waals surface area contributed by atoms with Crippen molar-refractivity contribution in [2.75, 3.05) is 0 Å². The second kappa shape index (κ2) is 4.59. The van der Waals surface area contributed by atoms with Gasteiger partial charge in [-0.2, -0.15) is 0 Å². The number of hydrogen-bond acceptors (Lipinski definition) is 4. The third-order valence-corrected chi connectivity index (χ3v) is 3.29. The largest absolute Gasteiger partial charge is 0.479 e. The number of aliphatic hydroxyl groups excluding tert-OH is 2. The fourth-order valence-electron chi connectivity index (χ4n) is 2.30. The highest BCUT2D eigenvalue weighted by atomic mass is 16.4. The molecule has 0 saturated heterocycles. The summed E-state index contributed by atoms with van der Waals surface area (Å²) in [7, 11) is 0. The smallest absolute Gasteiger partial charge is 0.335 e. The number of aromatic amines is 1. The Balaban J connectivity index is 2.24. The molecule has 0 amide bonds. The van der Waals surface area contributed by atoms with E-state index in [2.05, 4.69) is 9.97 Å². The van der Waals surface area contributed by atoms with Crippen molar-refractivity contribution in [3.63, 3.8) is 0 Å². The first-order valence-corrected chi connectivity index (χ1v) is 6.04. The van der Waals surface area contributed by atoms with Gasteiger partial charge in [-0.25, -0.2) is 4.79 Å². The molecule has 2 heterocycles. The first-order chi connectivity index (χ1) is 9.59. The van der Waals surface area contributed by atoms with Gasteiger partial charge < -0.3 is 20.3 Å². The molecule has 0 bridgehead atoms. The van der Waals surface area contributed by atoms with E-state index in [0.29, 0.717) is 5.52 Å². The van der Waals surface area contributed by atoms with Crippen LogP contribution in [0.4, 0.5) is 0 Å². The maximum atomic E-state index is 10.8. The summed E-state index contributed by atoms with van der Waals surface area (Å²) in [5.74, 6) is -1.49. The van der Waals surface area contributed by atoms with Gasteiger partial charge in [0.05, 0.1) is 11.2 Å². The summed E-state index contributed by atoms with van der Waals surface area (Å²) in [6.07, 6.45) is -2.03. The van der Waals surface area contributed by atoms with Gasteiger partial charge in [-0.15, -0.1) is 0 Å². The number of nitrogens with one attached hydrogen (secondary N) is 1. The number of para-hydroxylation sites is 1. The second-order valence-corrected chi connectivity index (χ2v) is 4.52. The lowest BCUT2D eigenvalue weighted by molar-refractivity contribution is -0.153. The van der Waals surface area contributed by atoms with Crippen molar-refractivity contribution in [1.82, 2.24) is 9.97 Å². The number of hydrogen-bond donors (Lipinski definition) is 4. The Bertz CT molecular complexity index is 796. The average Bonchev–Trinajstić information content (AvgIpc) is 2.84. The minimum absolute atomic E-state index is 0.119. The number of aliphatic carboxylic acids is 1. The zero-order chi connectivity index (χ0) is 14.3. The quantitative estimate of drug-likeness (QED) is 0.573. The topological polar surface area (TPSA) is 106 Å². The standard InChI is InChI=1S/C14H12N2O4/c17-12(13(18)14(19)20)11-10-8(5-6-15-11)7-3-1-2-4-9(7)16-10/h1-6,12-13,16-18H,(H,19,20). The Morgan fingerprint density at radius 3 is 2.65 bits per heavy atom. The molecule has 102 valence electrons. The minimum Gasteiger partial charge on any atom is -0.479 e. The van der Waals surface area contributed by atoms with E-state index in [-0.39, 0.29) is 5.69 Å². The summed E-state index contributed by atoms with van der Waals surface area (Å²) in [4.78, 5) is 17.9. The second-order valence-electron chi connectivity index (χ2n) is 4.52.